The van der Waals surface area contributed by atoms with Crippen LogP contribution in [0.4, 0.5) is 0 Å². The molecule has 0 spiro atoms. The summed E-state index contributed by atoms with van der Waals surface area (Å²) in [5.74, 6) is -0.798. The van der Waals surface area contributed by atoms with E-state index in [1.807, 2.05) is 0 Å². The van der Waals surface area contributed by atoms with Crippen molar-refractivity contribution in [3.63, 3.8) is 0 Å². The highest BCUT2D eigenvalue weighted by Crippen LogP contribution is 2.30. The maximum Gasteiger partial charge on any atom is 0.362 e. The van der Waals surface area contributed by atoms with Gasteiger partial charge in [0.25, 0.3) is 0 Å². The van der Waals surface area contributed by atoms with E-state index in [-0.39, 0.29) is 27.4 Å². The van der Waals surface area contributed by atoms with Crippen LogP contribution in [0.3, 0.4) is 0 Å². The molecule has 0 N–H and O–H groups in total. The average Bonchev–Trinajstić information content (AvgIpc) is 2.44. The van der Waals surface area contributed by atoms with E-state index < -0.39 is 11.4 Å². The SMILES string of the molecule is CCOC(=O)c1nn(-c2cc(Cl)c(Cl)cc2Cl)ccc1=O. The van der Waals surface area contributed by atoms with Crippen molar-refractivity contribution in [2.75, 3.05) is 6.61 Å². The third-order valence-corrected chi connectivity index (χ3v) is 3.54. The quantitative estimate of drug-likeness (QED) is 0.631. The largest absolute Gasteiger partial charge is 0.461 e. The second-order valence-electron chi connectivity index (χ2n) is 3.91. The molecule has 2 aromatic rings. The van der Waals surface area contributed by atoms with Gasteiger partial charge in [-0.3, -0.25) is 4.79 Å². The number of esters is 1. The number of rotatable bonds is 3. The van der Waals surface area contributed by atoms with Gasteiger partial charge in [-0.2, -0.15) is 5.10 Å². The summed E-state index contributed by atoms with van der Waals surface area (Å²) in [6.07, 6.45) is 1.37. The maximum absolute atomic E-state index is 11.7. The van der Waals surface area contributed by atoms with E-state index in [1.165, 1.54) is 29.1 Å². The molecule has 21 heavy (non-hydrogen) atoms. The zero-order valence-electron chi connectivity index (χ0n) is 10.8. The number of ether oxygens (including phenoxy) is 1. The second-order valence-corrected chi connectivity index (χ2v) is 5.13. The summed E-state index contributed by atoms with van der Waals surface area (Å²) in [6.45, 7) is 1.78. The van der Waals surface area contributed by atoms with Gasteiger partial charge in [0.15, 0.2) is 0 Å². The standard InChI is InChI=1S/C13H9Cl3N2O3/c1-2-21-13(20)12-11(19)3-4-18(17-12)10-6-8(15)7(14)5-9(10)16/h3-6H,2H2,1H3. The minimum Gasteiger partial charge on any atom is -0.461 e. The monoisotopic (exact) mass is 346 g/mol. The molecular formula is C13H9Cl3N2O3. The molecule has 2 rings (SSSR count). The first kappa shape index (κ1) is 15.8. The third-order valence-electron chi connectivity index (χ3n) is 2.51. The number of nitrogens with zero attached hydrogens (tertiary/aromatic N) is 2. The second kappa shape index (κ2) is 6.47. The number of carbonyl (C=O) groups excluding carboxylic acids is 1. The van der Waals surface area contributed by atoms with Crippen LogP contribution in [0, 0.1) is 0 Å². The molecule has 1 aromatic heterocycles. The highest BCUT2D eigenvalue weighted by atomic mass is 35.5. The molecule has 0 atom stereocenters. The van der Waals surface area contributed by atoms with Crippen molar-refractivity contribution in [3.8, 4) is 5.69 Å². The highest BCUT2D eigenvalue weighted by Gasteiger charge is 2.16. The molecule has 0 fully saturated rings. The van der Waals surface area contributed by atoms with Crippen LogP contribution in [0.2, 0.25) is 15.1 Å². The molecule has 110 valence electrons. The zero-order chi connectivity index (χ0) is 15.6. The first-order valence-electron chi connectivity index (χ1n) is 5.86. The topological polar surface area (TPSA) is 61.2 Å². The van der Waals surface area contributed by atoms with E-state index in [9.17, 15) is 9.59 Å². The van der Waals surface area contributed by atoms with Gasteiger partial charge >= 0.3 is 5.97 Å². The average molecular weight is 348 g/mol. The van der Waals surface area contributed by atoms with Crippen LogP contribution in [-0.2, 0) is 4.74 Å². The molecule has 0 saturated heterocycles. The molecule has 0 unspecified atom stereocenters. The van der Waals surface area contributed by atoms with Crippen LogP contribution in [0.15, 0.2) is 29.2 Å². The first-order valence-corrected chi connectivity index (χ1v) is 6.99. The Labute approximate surface area is 135 Å². The molecule has 0 saturated carbocycles. The molecule has 0 aliphatic heterocycles. The molecule has 0 amide bonds. The van der Waals surface area contributed by atoms with E-state index in [4.69, 9.17) is 39.5 Å². The number of benzene rings is 1. The van der Waals surface area contributed by atoms with Gasteiger partial charge in [0, 0.05) is 12.3 Å². The van der Waals surface area contributed by atoms with Gasteiger partial charge in [-0.15, -0.1) is 0 Å². The van der Waals surface area contributed by atoms with Crippen LogP contribution in [0.5, 0.6) is 0 Å². The van der Waals surface area contributed by atoms with Crippen molar-refractivity contribution >= 4 is 40.8 Å². The minimum absolute atomic E-state index is 0.141. The van der Waals surface area contributed by atoms with Gasteiger partial charge in [0.05, 0.1) is 27.4 Å². The van der Waals surface area contributed by atoms with Crippen molar-refractivity contribution < 1.29 is 9.53 Å². The lowest BCUT2D eigenvalue weighted by atomic mass is 10.3. The summed E-state index contributed by atoms with van der Waals surface area (Å²) >= 11 is 17.9. The van der Waals surface area contributed by atoms with Crippen molar-refractivity contribution in [1.29, 1.82) is 0 Å². The van der Waals surface area contributed by atoms with Crippen molar-refractivity contribution in [3.05, 3.63) is 55.4 Å². The van der Waals surface area contributed by atoms with Gasteiger partial charge in [-0.25, -0.2) is 9.48 Å². The highest BCUT2D eigenvalue weighted by molar-refractivity contribution is 6.43. The maximum atomic E-state index is 11.7. The Balaban J connectivity index is 2.56. The molecule has 0 aliphatic rings. The number of aromatic nitrogens is 2. The van der Waals surface area contributed by atoms with Crippen molar-refractivity contribution in [2.45, 2.75) is 6.92 Å². The fourth-order valence-electron chi connectivity index (χ4n) is 1.57. The summed E-state index contributed by atoms with van der Waals surface area (Å²) in [5, 5.41) is 4.77. The molecule has 0 radical (unpaired) electrons. The Morgan fingerprint density at radius 1 is 1.24 bits per heavy atom. The lowest BCUT2D eigenvalue weighted by Crippen LogP contribution is -2.22. The minimum atomic E-state index is -0.798. The van der Waals surface area contributed by atoms with Crippen molar-refractivity contribution in [1.82, 2.24) is 9.78 Å². The van der Waals surface area contributed by atoms with Gasteiger partial charge in [-0.05, 0) is 19.1 Å². The van der Waals surface area contributed by atoms with Crippen LogP contribution in [0.1, 0.15) is 17.4 Å². The molecule has 1 heterocycles. The Hall–Kier alpha value is -1.56. The Bertz CT molecular complexity index is 759. The number of hydrogen-bond acceptors (Lipinski definition) is 4. The van der Waals surface area contributed by atoms with Crippen LogP contribution in [-0.4, -0.2) is 22.4 Å². The van der Waals surface area contributed by atoms with Gasteiger partial charge < -0.3 is 4.74 Å². The van der Waals surface area contributed by atoms with E-state index in [0.717, 1.165) is 0 Å². The fourth-order valence-corrected chi connectivity index (χ4v) is 2.20. The molecule has 0 aliphatic carbocycles. The van der Waals surface area contributed by atoms with E-state index in [0.29, 0.717) is 5.69 Å². The summed E-state index contributed by atoms with van der Waals surface area (Å²) < 4.78 is 6.04. The Kier molecular flexibility index (Phi) is 4.88. The van der Waals surface area contributed by atoms with Crippen LogP contribution in [0.25, 0.3) is 5.69 Å². The Morgan fingerprint density at radius 2 is 1.90 bits per heavy atom. The molecule has 1 aromatic carbocycles. The lowest BCUT2D eigenvalue weighted by molar-refractivity contribution is 0.0515. The molecule has 0 bridgehead atoms. The predicted octanol–water partition coefficient (Wildman–Crippen LogP) is 3.37. The van der Waals surface area contributed by atoms with E-state index in [2.05, 4.69) is 5.10 Å². The van der Waals surface area contributed by atoms with Crippen LogP contribution < -0.4 is 5.43 Å². The first-order chi connectivity index (χ1) is 9.93. The smallest absolute Gasteiger partial charge is 0.362 e. The third kappa shape index (κ3) is 3.37. The van der Waals surface area contributed by atoms with Gasteiger partial charge in [-0.1, -0.05) is 34.8 Å². The lowest BCUT2D eigenvalue weighted by Gasteiger charge is -2.10. The van der Waals surface area contributed by atoms with Gasteiger partial charge in [0.1, 0.15) is 0 Å². The number of hydrogen-bond donors (Lipinski definition) is 0. The zero-order valence-corrected chi connectivity index (χ0v) is 13.0. The number of halogens is 3. The van der Waals surface area contributed by atoms with Crippen molar-refractivity contribution in [2.24, 2.45) is 0 Å². The predicted molar refractivity (Wildman–Crippen MR) is 80.8 cm³/mol. The summed E-state index contributed by atoms with van der Waals surface area (Å²) in [7, 11) is 0. The van der Waals surface area contributed by atoms with E-state index in [1.54, 1.807) is 6.92 Å². The molecule has 8 heteroatoms. The normalized spacial score (nSPS) is 10.5. The summed E-state index contributed by atoms with van der Waals surface area (Å²) in [5.41, 5.74) is -0.487. The summed E-state index contributed by atoms with van der Waals surface area (Å²) in [4.78, 5) is 23.3. The fraction of sp³-hybridized carbons (Fsp3) is 0.154. The van der Waals surface area contributed by atoms with Gasteiger partial charge in [0.2, 0.25) is 11.1 Å². The van der Waals surface area contributed by atoms with Crippen LogP contribution >= 0.6 is 34.8 Å². The molecular weight excluding hydrogens is 339 g/mol. The number of carbonyl (C=O) groups is 1. The molecule has 5 nitrogen and oxygen atoms in total. The Morgan fingerprint density at radius 3 is 2.57 bits per heavy atom. The summed E-state index contributed by atoms with van der Waals surface area (Å²) in [6, 6.07) is 4.13. The van der Waals surface area contributed by atoms with E-state index >= 15 is 0 Å².